The van der Waals surface area contributed by atoms with E-state index < -0.39 is 0 Å². The Morgan fingerprint density at radius 2 is 1.92 bits per heavy atom. The second-order valence-electron chi connectivity index (χ2n) is 6.60. The standard InChI is InChI=1S/C18H25N3O2.ClH/c1-13-15(18(23)21-9-2-3-10-21)5-4-6-16(13)20-17(22)12-19-11-14-7-8-14;/h4-6,14,19H,2-3,7-12H2,1H3,(H,20,22);1H. The van der Waals surface area contributed by atoms with Crippen molar-refractivity contribution in [3.05, 3.63) is 29.3 Å². The highest BCUT2D eigenvalue weighted by atomic mass is 35.5. The molecule has 24 heavy (non-hydrogen) atoms. The minimum absolute atomic E-state index is 0. The molecule has 0 unspecified atom stereocenters. The first kappa shape index (κ1) is 18.7. The lowest BCUT2D eigenvalue weighted by Crippen LogP contribution is -2.30. The molecule has 6 heteroatoms. The Hall–Kier alpha value is -1.59. The molecule has 2 N–H and O–H groups in total. The van der Waals surface area contributed by atoms with Crippen molar-refractivity contribution < 1.29 is 9.59 Å². The maximum Gasteiger partial charge on any atom is 0.254 e. The first-order chi connectivity index (χ1) is 11.1. The zero-order valence-electron chi connectivity index (χ0n) is 14.1. The number of rotatable bonds is 6. The summed E-state index contributed by atoms with van der Waals surface area (Å²) in [6, 6.07) is 5.54. The molecule has 1 saturated carbocycles. The van der Waals surface area contributed by atoms with E-state index in [2.05, 4.69) is 10.6 Å². The van der Waals surface area contributed by atoms with Gasteiger partial charge in [0.05, 0.1) is 6.54 Å². The molecule has 2 amide bonds. The predicted octanol–water partition coefficient (Wildman–Crippen LogP) is 2.59. The molecule has 1 heterocycles. The Bertz CT molecular complexity index is 596. The van der Waals surface area contributed by atoms with Crippen LogP contribution in [0.3, 0.4) is 0 Å². The highest BCUT2D eigenvalue weighted by molar-refractivity contribution is 5.99. The van der Waals surface area contributed by atoms with Gasteiger partial charge in [0.25, 0.3) is 5.91 Å². The lowest BCUT2D eigenvalue weighted by molar-refractivity contribution is -0.115. The van der Waals surface area contributed by atoms with Gasteiger partial charge in [0.1, 0.15) is 0 Å². The second-order valence-corrected chi connectivity index (χ2v) is 6.60. The van der Waals surface area contributed by atoms with E-state index in [9.17, 15) is 9.59 Å². The molecule has 1 aromatic carbocycles. The molecule has 1 saturated heterocycles. The zero-order chi connectivity index (χ0) is 16.2. The molecular formula is C18H26ClN3O2. The fraction of sp³-hybridized carbons (Fsp3) is 0.556. The molecule has 0 bridgehead atoms. The number of carbonyl (C=O) groups excluding carboxylic acids is 2. The lowest BCUT2D eigenvalue weighted by atomic mass is 10.1. The fourth-order valence-corrected chi connectivity index (χ4v) is 3.00. The summed E-state index contributed by atoms with van der Waals surface area (Å²) in [5.74, 6) is 0.772. The van der Waals surface area contributed by atoms with E-state index in [1.165, 1.54) is 12.8 Å². The number of nitrogens with one attached hydrogen (secondary N) is 2. The van der Waals surface area contributed by atoms with E-state index in [4.69, 9.17) is 0 Å². The van der Waals surface area contributed by atoms with Gasteiger partial charge >= 0.3 is 0 Å². The Labute approximate surface area is 149 Å². The number of hydrogen-bond donors (Lipinski definition) is 2. The van der Waals surface area contributed by atoms with Gasteiger partial charge in [-0.3, -0.25) is 9.59 Å². The van der Waals surface area contributed by atoms with E-state index in [0.717, 1.165) is 49.6 Å². The average molecular weight is 352 g/mol. The van der Waals surface area contributed by atoms with Gasteiger partial charge in [-0.2, -0.15) is 0 Å². The SMILES string of the molecule is Cc1c(NC(=O)CNCC2CC2)cccc1C(=O)N1CCCC1.Cl. The van der Waals surface area contributed by atoms with Crippen LogP contribution in [0.1, 0.15) is 41.6 Å². The maximum atomic E-state index is 12.6. The van der Waals surface area contributed by atoms with Crippen LogP contribution < -0.4 is 10.6 Å². The van der Waals surface area contributed by atoms with Crippen molar-refractivity contribution in [2.45, 2.75) is 32.6 Å². The molecule has 5 nitrogen and oxygen atoms in total. The van der Waals surface area contributed by atoms with Gasteiger partial charge in [0.2, 0.25) is 5.91 Å². The highest BCUT2D eigenvalue weighted by Gasteiger charge is 2.22. The number of anilines is 1. The van der Waals surface area contributed by atoms with E-state index in [1.54, 1.807) is 0 Å². The van der Waals surface area contributed by atoms with Crippen molar-refractivity contribution in [3.63, 3.8) is 0 Å². The van der Waals surface area contributed by atoms with E-state index in [-0.39, 0.29) is 24.2 Å². The van der Waals surface area contributed by atoms with E-state index >= 15 is 0 Å². The summed E-state index contributed by atoms with van der Waals surface area (Å²) in [5, 5.41) is 6.10. The molecule has 1 aromatic rings. The molecule has 132 valence electrons. The van der Waals surface area contributed by atoms with Crippen LogP contribution in [0.25, 0.3) is 0 Å². The first-order valence-corrected chi connectivity index (χ1v) is 8.54. The van der Waals surface area contributed by atoms with Crippen LogP contribution in [0.2, 0.25) is 0 Å². The van der Waals surface area contributed by atoms with E-state index in [0.29, 0.717) is 12.1 Å². The van der Waals surface area contributed by atoms with Gasteiger partial charge in [-0.15, -0.1) is 12.4 Å². The molecule has 0 radical (unpaired) electrons. The number of benzene rings is 1. The molecule has 3 rings (SSSR count). The van der Waals surface area contributed by atoms with E-state index in [1.807, 2.05) is 30.0 Å². The largest absolute Gasteiger partial charge is 0.339 e. The van der Waals surface area contributed by atoms with Crippen molar-refractivity contribution in [1.82, 2.24) is 10.2 Å². The van der Waals surface area contributed by atoms with Gasteiger partial charge < -0.3 is 15.5 Å². The summed E-state index contributed by atoms with van der Waals surface area (Å²) in [6.07, 6.45) is 4.70. The molecule has 1 aliphatic heterocycles. The Balaban J connectivity index is 0.00000208. The van der Waals surface area contributed by atoms with Gasteiger partial charge in [0, 0.05) is 24.3 Å². The van der Waals surface area contributed by atoms with Gasteiger partial charge in [-0.05, 0) is 62.8 Å². The molecule has 1 aliphatic carbocycles. The average Bonchev–Trinajstić information content (AvgIpc) is 3.19. The summed E-state index contributed by atoms with van der Waals surface area (Å²) in [5.41, 5.74) is 2.27. The number of hydrogen-bond acceptors (Lipinski definition) is 3. The first-order valence-electron chi connectivity index (χ1n) is 8.54. The van der Waals surface area contributed by atoms with Crippen LogP contribution in [0.5, 0.6) is 0 Å². The summed E-state index contributed by atoms with van der Waals surface area (Å²) in [4.78, 5) is 26.5. The zero-order valence-corrected chi connectivity index (χ0v) is 15.0. The van der Waals surface area contributed by atoms with Crippen LogP contribution in [0.15, 0.2) is 18.2 Å². The number of carbonyl (C=O) groups is 2. The fourth-order valence-electron chi connectivity index (χ4n) is 3.00. The van der Waals surface area contributed by atoms with Crippen LogP contribution in [0, 0.1) is 12.8 Å². The second kappa shape index (κ2) is 8.49. The van der Waals surface area contributed by atoms with Crippen LogP contribution in [-0.4, -0.2) is 42.9 Å². The summed E-state index contributed by atoms with van der Waals surface area (Å²) in [6.45, 7) is 4.80. The number of likely N-dealkylation sites (tertiary alicyclic amines) is 1. The third-order valence-electron chi connectivity index (χ3n) is 4.65. The van der Waals surface area contributed by atoms with Crippen LogP contribution >= 0.6 is 12.4 Å². The molecular weight excluding hydrogens is 326 g/mol. The Kier molecular flexibility index (Phi) is 6.63. The summed E-state index contributed by atoms with van der Waals surface area (Å²) in [7, 11) is 0. The minimum atomic E-state index is -0.0560. The van der Waals surface area contributed by atoms with Crippen LogP contribution in [-0.2, 0) is 4.79 Å². The summed E-state index contributed by atoms with van der Waals surface area (Å²) >= 11 is 0. The molecule has 2 aliphatic rings. The van der Waals surface area contributed by atoms with Crippen LogP contribution in [0.4, 0.5) is 5.69 Å². The van der Waals surface area contributed by atoms with Crippen molar-refractivity contribution in [2.24, 2.45) is 5.92 Å². The molecule has 0 aromatic heterocycles. The van der Waals surface area contributed by atoms with Gasteiger partial charge in [0.15, 0.2) is 0 Å². The number of nitrogens with zero attached hydrogens (tertiary/aromatic N) is 1. The Morgan fingerprint density at radius 1 is 1.21 bits per heavy atom. The summed E-state index contributed by atoms with van der Waals surface area (Å²) < 4.78 is 0. The topological polar surface area (TPSA) is 61.4 Å². The highest BCUT2D eigenvalue weighted by Crippen LogP contribution is 2.27. The lowest BCUT2D eigenvalue weighted by Gasteiger charge is -2.18. The monoisotopic (exact) mass is 351 g/mol. The van der Waals surface area contributed by atoms with Gasteiger partial charge in [-0.1, -0.05) is 6.07 Å². The molecule has 2 fully saturated rings. The minimum Gasteiger partial charge on any atom is -0.339 e. The molecule has 0 spiro atoms. The maximum absolute atomic E-state index is 12.6. The normalized spacial score (nSPS) is 16.6. The third-order valence-corrected chi connectivity index (χ3v) is 4.65. The quantitative estimate of drug-likeness (QED) is 0.828. The Morgan fingerprint density at radius 3 is 2.58 bits per heavy atom. The van der Waals surface area contributed by atoms with Crippen molar-refractivity contribution in [3.8, 4) is 0 Å². The van der Waals surface area contributed by atoms with Crippen molar-refractivity contribution in [2.75, 3.05) is 31.5 Å². The smallest absolute Gasteiger partial charge is 0.254 e. The van der Waals surface area contributed by atoms with Gasteiger partial charge in [-0.25, -0.2) is 0 Å². The number of halogens is 1. The third kappa shape index (κ3) is 4.71. The predicted molar refractivity (Wildman–Crippen MR) is 97.8 cm³/mol. The number of amides is 2. The molecule has 0 atom stereocenters. The van der Waals surface area contributed by atoms with Crippen molar-refractivity contribution >= 4 is 29.9 Å². The van der Waals surface area contributed by atoms with Crippen molar-refractivity contribution in [1.29, 1.82) is 0 Å².